The average Bonchev–Trinajstić information content (AvgIpc) is 2.86. The standard InChI is InChI=1S/C15H19N3S/c1-2-9-19-10-8-17-15(16)18-14-7-6-12-4-3-5-13(12)11-14/h1,6-7,11H,3-5,8-10H2,(H3,16,17,18). The first kappa shape index (κ1) is 13.8. The van der Waals surface area contributed by atoms with Gasteiger partial charge in [-0.1, -0.05) is 12.0 Å². The number of anilines is 1. The van der Waals surface area contributed by atoms with Gasteiger partial charge in [-0.3, -0.25) is 4.99 Å². The first-order valence-corrected chi connectivity index (χ1v) is 7.65. The van der Waals surface area contributed by atoms with Crippen LogP contribution in [0.3, 0.4) is 0 Å². The number of rotatable bonds is 5. The number of terminal acetylenes is 1. The second kappa shape index (κ2) is 7.10. The molecule has 3 nitrogen and oxygen atoms in total. The van der Waals surface area contributed by atoms with E-state index in [1.807, 2.05) is 0 Å². The SMILES string of the molecule is C#CCSCCN=C(N)Nc1ccc2c(c1)CCC2. The summed E-state index contributed by atoms with van der Waals surface area (Å²) in [5, 5.41) is 3.14. The fourth-order valence-electron chi connectivity index (χ4n) is 2.20. The highest BCUT2D eigenvalue weighted by Gasteiger charge is 2.10. The van der Waals surface area contributed by atoms with Crippen LogP contribution in [0, 0.1) is 12.3 Å². The molecule has 0 bridgehead atoms. The third-order valence-corrected chi connectivity index (χ3v) is 3.92. The van der Waals surface area contributed by atoms with Gasteiger partial charge >= 0.3 is 0 Å². The number of nitrogens with zero attached hydrogens (tertiary/aromatic N) is 1. The summed E-state index contributed by atoms with van der Waals surface area (Å²) in [4.78, 5) is 4.28. The maximum Gasteiger partial charge on any atom is 0.193 e. The van der Waals surface area contributed by atoms with Crippen molar-refractivity contribution in [1.82, 2.24) is 0 Å². The van der Waals surface area contributed by atoms with Gasteiger partial charge < -0.3 is 11.1 Å². The summed E-state index contributed by atoms with van der Waals surface area (Å²) in [7, 11) is 0. The molecule has 0 radical (unpaired) electrons. The molecule has 0 aromatic heterocycles. The fraction of sp³-hybridized carbons (Fsp3) is 0.400. The molecule has 0 saturated heterocycles. The molecule has 0 aliphatic heterocycles. The minimum atomic E-state index is 0.472. The molecule has 0 spiro atoms. The van der Waals surface area contributed by atoms with Crippen molar-refractivity contribution in [2.24, 2.45) is 10.7 Å². The van der Waals surface area contributed by atoms with Crippen molar-refractivity contribution in [3.05, 3.63) is 29.3 Å². The van der Waals surface area contributed by atoms with Crippen LogP contribution in [0.15, 0.2) is 23.2 Å². The average molecular weight is 273 g/mol. The molecule has 2 rings (SSSR count). The molecular weight excluding hydrogens is 254 g/mol. The van der Waals surface area contributed by atoms with Crippen molar-refractivity contribution < 1.29 is 0 Å². The highest BCUT2D eigenvalue weighted by Crippen LogP contribution is 2.24. The van der Waals surface area contributed by atoms with Crippen LogP contribution in [0.1, 0.15) is 17.5 Å². The third kappa shape index (κ3) is 4.22. The molecule has 100 valence electrons. The zero-order chi connectivity index (χ0) is 13.5. The zero-order valence-electron chi connectivity index (χ0n) is 11.0. The van der Waals surface area contributed by atoms with E-state index < -0.39 is 0 Å². The Hall–Kier alpha value is -1.60. The largest absolute Gasteiger partial charge is 0.370 e. The molecule has 1 aromatic carbocycles. The minimum absolute atomic E-state index is 0.472. The lowest BCUT2D eigenvalue weighted by Crippen LogP contribution is -2.23. The monoisotopic (exact) mass is 273 g/mol. The Kier molecular flexibility index (Phi) is 5.17. The minimum Gasteiger partial charge on any atom is -0.370 e. The number of thioether (sulfide) groups is 1. The summed E-state index contributed by atoms with van der Waals surface area (Å²) in [5.41, 5.74) is 9.78. The number of aliphatic imine (C=N–C) groups is 1. The molecule has 0 unspecified atom stereocenters. The van der Waals surface area contributed by atoms with E-state index in [1.165, 1.54) is 30.4 Å². The van der Waals surface area contributed by atoms with Crippen LogP contribution in [0.25, 0.3) is 0 Å². The number of guanidine groups is 1. The Labute approximate surface area is 119 Å². The van der Waals surface area contributed by atoms with Gasteiger partial charge in [0.15, 0.2) is 5.96 Å². The molecule has 19 heavy (non-hydrogen) atoms. The highest BCUT2D eigenvalue weighted by atomic mass is 32.2. The Balaban J connectivity index is 1.83. The third-order valence-electron chi connectivity index (χ3n) is 3.07. The van der Waals surface area contributed by atoms with Gasteiger partial charge in [-0.2, -0.15) is 0 Å². The molecule has 1 aliphatic carbocycles. The number of fused-ring (bicyclic) bond motifs is 1. The summed E-state index contributed by atoms with van der Waals surface area (Å²) >= 11 is 1.69. The number of hydrogen-bond acceptors (Lipinski definition) is 2. The summed E-state index contributed by atoms with van der Waals surface area (Å²) in [6, 6.07) is 6.43. The topological polar surface area (TPSA) is 50.4 Å². The van der Waals surface area contributed by atoms with Gasteiger partial charge in [0.25, 0.3) is 0 Å². The van der Waals surface area contributed by atoms with Crippen LogP contribution in [0.4, 0.5) is 5.69 Å². The smallest absolute Gasteiger partial charge is 0.193 e. The lowest BCUT2D eigenvalue weighted by atomic mass is 10.1. The summed E-state index contributed by atoms with van der Waals surface area (Å²) in [5.74, 6) is 4.69. The van der Waals surface area contributed by atoms with Gasteiger partial charge in [-0.05, 0) is 42.5 Å². The number of aryl methyl sites for hydroxylation is 2. The van der Waals surface area contributed by atoms with Gasteiger partial charge in [-0.25, -0.2) is 0 Å². The maximum atomic E-state index is 5.85. The van der Waals surface area contributed by atoms with E-state index in [-0.39, 0.29) is 0 Å². The van der Waals surface area contributed by atoms with Gasteiger partial charge in [0.2, 0.25) is 0 Å². The second-order valence-corrected chi connectivity index (χ2v) is 5.59. The highest BCUT2D eigenvalue weighted by molar-refractivity contribution is 7.99. The molecule has 4 heteroatoms. The van der Waals surface area contributed by atoms with E-state index in [0.717, 1.165) is 17.2 Å². The van der Waals surface area contributed by atoms with Crippen molar-refractivity contribution in [3.63, 3.8) is 0 Å². The Bertz CT molecular complexity index is 503. The van der Waals surface area contributed by atoms with E-state index in [4.69, 9.17) is 12.2 Å². The Morgan fingerprint density at radius 3 is 3.11 bits per heavy atom. The van der Waals surface area contributed by atoms with Gasteiger partial charge in [0.1, 0.15) is 0 Å². The molecule has 1 aliphatic rings. The predicted octanol–water partition coefficient (Wildman–Crippen LogP) is 2.27. The van der Waals surface area contributed by atoms with Gasteiger partial charge in [0.05, 0.1) is 12.3 Å². The van der Waals surface area contributed by atoms with Crippen LogP contribution in [0.5, 0.6) is 0 Å². The van der Waals surface area contributed by atoms with Crippen LogP contribution in [0.2, 0.25) is 0 Å². The Morgan fingerprint density at radius 1 is 1.42 bits per heavy atom. The maximum absolute atomic E-state index is 5.85. The van der Waals surface area contributed by atoms with E-state index in [2.05, 4.69) is 34.4 Å². The molecule has 0 heterocycles. The van der Waals surface area contributed by atoms with Crippen molar-refractivity contribution in [3.8, 4) is 12.3 Å². The molecule has 3 N–H and O–H groups in total. The second-order valence-electron chi connectivity index (χ2n) is 4.49. The lowest BCUT2D eigenvalue weighted by Gasteiger charge is -2.07. The van der Waals surface area contributed by atoms with E-state index in [1.54, 1.807) is 11.8 Å². The number of nitrogens with one attached hydrogen (secondary N) is 1. The number of benzene rings is 1. The summed E-state index contributed by atoms with van der Waals surface area (Å²) in [6.07, 6.45) is 8.80. The lowest BCUT2D eigenvalue weighted by molar-refractivity contribution is 0.912. The van der Waals surface area contributed by atoms with Crippen LogP contribution in [-0.2, 0) is 12.8 Å². The van der Waals surface area contributed by atoms with Crippen LogP contribution in [-0.4, -0.2) is 24.0 Å². The van der Waals surface area contributed by atoms with E-state index in [0.29, 0.717) is 12.5 Å². The van der Waals surface area contributed by atoms with Crippen molar-refractivity contribution >= 4 is 23.4 Å². The fourth-order valence-corrected chi connectivity index (χ4v) is 2.68. The van der Waals surface area contributed by atoms with Crippen LogP contribution >= 0.6 is 11.8 Å². The Morgan fingerprint density at radius 2 is 2.26 bits per heavy atom. The quantitative estimate of drug-likeness (QED) is 0.374. The molecule has 0 saturated carbocycles. The zero-order valence-corrected chi connectivity index (χ0v) is 11.8. The first-order valence-electron chi connectivity index (χ1n) is 6.49. The van der Waals surface area contributed by atoms with Gasteiger partial charge in [0, 0.05) is 11.4 Å². The molecular formula is C15H19N3S. The normalized spacial score (nSPS) is 13.9. The number of hydrogen-bond donors (Lipinski definition) is 2. The van der Waals surface area contributed by atoms with Crippen molar-refractivity contribution in [1.29, 1.82) is 0 Å². The van der Waals surface area contributed by atoms with Crippen molar-refractivity contribution in [2.75, 3.05) is 23.4 Å². The van der Waals surface area contributed by atoms with E-state index in [9.17, 15) is 0 Å². The predicted molar refractivity (Wildman–Crippen MR) is 84.7 cm³/mol. The first-order chi connectivity index (χ1) is 9.29. The van der Waals surface area contributed by atoms with Crippen molar-refractivity contribution in [2.45, 2.75) is 19.3 Å². The molecule has 0 amide bonds. The molecule has 1 aromatic rings. The van der Waals surface area contributed by atoms with Crippen LogP contribution < -0.4 is 11.1 Å². The summed E-state index contributed by atoms with van der Waals surface area (Å²) in [6.45, 7) is 0.691. The summed E-state index contributed by atoms with van der Waals surface area (Å²) < 4.78 is 0. The molecule has 0 fully saturated rings. The number of nitrogens with two attached hydrogens (primary N) is 1. The van der Waals surface area contributed by atoms with E-state index >= 15 is 0 Å². The molecule has 0 atom stereocenters. The van der Waals surface area contributed by atoms with Gasteiger partial charge in [-0.15, -0.1) is 18.2 Å².